The summed E-state index contributed by atoms with van der Waals surface area (Å²) in [6.45, 7) is 4.35. The first-order valence-electron chi connectivity index (χ1n) is 12.8. The van der Waals surface area contributed by atoms with E-state index in [-0.39, 0.29) is 11.5 Å². The molecular formula is C30H37NO3. The molecule has 0 unspecified atom stereocenters. The summed E-state index contributed by atoms with van der Waals surface area (Å²) in [5, 5.41) is 21.1. The second-order valence-electron chi connectivity index (χ2n) is 11.0. The van der Waals surface area contributed by atoms with E-state index >= 15 is 0 Å². The molecule has 2 saturated carbocycles. The van der Waals surface area contributed by atoms with Gasteiger partial charge in [0.2, 0.25) is 0 Å². The second kappa shape index (κ2) is 9.29. The van der Waals surface area contributed by atoms with E-state index in [4.69, 9.17) is 11.2 Å². The van der Waals surface area contributed by atoms with Gasteiger partial charge < -0.3 is 14.9 Å². The number of benzene rings is 2. The molecule has 5 rings (SSSR count). The Balaban J connectivity index is 1.42. The van der Waals surface area contributed by atoms with Gasteiger partial charge >= 0.3 is 0 Å². The summed E-state index contributed by atoms with van der Waals surface area (Å²) >= 11 is 0. The molecule has 0 aromatic heterocycles. The van der Waals surface area contributed by atoms with Crippen molar-refractivity contribution in [3.8, 4) is 23.8 Å². The molecule has 0 saturated heterocycles. The van der Waals surface area contributed by atoms with Gasteiger partial charge in [0.25, 0.3) is 0 Å². The highest BCUT2D eigenvalue weighted by Gasteiger charge is 2.57. The Labute approximate surface area is 204 Å². The van der Waals surface area contributed by atoms with Crippen LogP contribution < -0.4 is 4.74 Å². The summed E-state index contributed by atoms with van der Waals surface area (Å²) in [5.74, 6) is 5.80. The van der Waals surface area contributed by atoms with Crippen molar-refractivity contribution in [1.82, 2.24) is 4.90 Å². The molecule has 2 aromatic carbocycles. The lowest BCUT2D eigenvalue weighted by atomic mass is 9.51. The number of hydrogen-bond donors (Lipinski definition) is 2. The molecular weight excluding hydrogens is 422 g/mol. The van der Waals surface area contributed by atoms with Crippen molar-refractivity contribution in [2.24, 2.45) is 17.3 Å². The minimum Gasteiger partial charge on any atom is -0.508 e. The highest BCUT2D eigenvalue weighted by molar-refractivity contribution is 5.43. The van der Waals surface area contributed by atoms with Crippen LogP contribution in [0.5, 0.6) is 11.5 Å². The highest BCUT2D eigenvalue weighted by Crippen LogP contribution is 2.65. The SMILES string of the molecule is C#CCN(C)CCOc1ccc([C@H]2C[C@]3(C)[C@@H](O)CC[C@H]3[C@@H]3CCc4cc(O)ccc4[C@H]32)cc1. The maximum Gasteiger partial charge on any atom is 0.119 e. The second-order valence-corrected chi connectivity index (χ2v) is 11.0. The molecule has 2 fully saturated rings. The summed E-state index contributed by atoms with van der Waals surface area (Å²) in [7, 11) is 2.00. The van der Waals surface area contributed by atoms with Crippen molar-refractivity contribution in [2.75, 3.05) is 26.7 Å². The molecule has 0 heterocycles. The van der Waals surface area contributed by atoms with Crippen LogP contribution in [-0.4, -0.2) is 48.0 Å². The summed E-state index contributed by atoms with van der Waals surface area (Å²) in [4.78, 5) is 2.07. The lowest BCUT2D eigenvalue weighted by molar-refractivity contribution is -0.0323. The number of phenolic OH excluding ortho intramolecular Hbond substituents is 1. The van der Waals surface area contributed by atoms with E-state index in [2.05, 4.69) is 48.1 Å². The molecule has 0 aliphatic heterocycles. The monoisotopic (exact) mass is 459 g/mol. The molecule has 0 radical (unpaired) electrons. The lowest BCUT2D eigenvalue weighted by Crippen LogP contribution is -2.47. The Morgan fingerprint density at radius 3 is 2.71 bits per heavy atom. The minimum atomic E-state index is -0.218. The molecule has 0 amide bonds. The molecule has 0 spiro atoms. The fourth-order valence-corrected chi connectivity index (χ4v) is 7.36. The molecule has 6 atom stereocenters. The first-order valence-corrected chi connectivity index (χ1v) is 12.8. The van der Waals surface area contributed by atoms with E-state index in [1.54, 1.807) is 0 Å². The van der Waals surface area contributed by atoms with Crippen LogP contribution in [0, 0.1) is 29.6 Å². The number of terminal acetylenes is 1. The number of rotatable bonds is 6. The Morgan fingerprint density at radius 1 is 1.15 bits per heavy atom. The fraction of sp³-hybridized carbons (Fsp3) is 0.533. The van der Waals surface area contributed by atoms with Gasteiger partial charge in [-0.05, 0) is 109 Å². The molecule has 4 heteroatoms. The number of fused-ring (bicyclic) bond motifs is 5. The first kappa shape index (κ1) is 23.3. The topological polar surface area (TPSA) is 52.9 Å². The maximum atomic E-state index is 11.0. The molecule has 34 heavy (non-hydrogen) atoms. The first-order chi connectivity index (χ1) is 16.4. The molecule has 0 bridgehead atoms. The van der Waals surface area contributed by atoms with Gasteiger partial charge in [0.15, 0.2) is 0 Å². The average Bonchev–Trinajstić information content (AvgIpc) is 3.13. The zero-order chi connectivity index (χ0) is 23.9. The maximum absolute atomic E-state index is 11.0. The van der Waals surface area contributed by atoms with Crippen LogP contribution in [0.25, 0.3) is 0 Å². The van der Waals surface area contributed by atoms with E-state index in [1.807, 2.05) is 19.2 Å². The van der Waals surface area contributed by atoms with Crippen molar-refractivity contribution in [3.05, 3.63) is 59.2 Å². The van der Waals surface area contributed by atoms with Crippen molar-refractivity contribution < 1.29 is 14.9 Å². The Hall–Kier alpha value is -2.48. The number of likely N-dealkylation sites (N-methyl/N-ethyl adjacent to an activating group) is 1. The third kappa shape index (κ3) is 4.10. The van der Waals surface area contributed by atoms with Crippen LogP contribution in [0.15, 0.2) is 42.5 Å². The van der Waals surface area contributed by atoms with Crippen LogP contribution in [0.3, 0.4) is 0 Å². The standard InChI is InChI=1S/C30H37NO3/c1-4-15-31(3)16-17-34-23-9-5-20(6-10-23)26-19-30(2)27(13-14-28(30)33)25-11-7-21-18-22(32)8-12-24(21)29(25)26/h1,5-6,8-10,12,18,25-29,32-33H,7,11,13-17,19H2,2-3H3/t25-,26+,27-,28-,29+,30-/m0/s1. The van der Waals surface area contributed by atoms with Gasteiger partial charge in [-0.2, -0.15) is 0 Å². The van der Waals surface area contributed by atoms with E-state index in [0.29, 0.717) is 42.6 Å². The fourth-order valence-electron chi connectivity index (χ4n) is 7.36. The third-order valence-electron chi connectivity index (χ3n) is 9.07. The number of aromatic hydroxyl groups is 1. The van der Waals surface area contributed by atoms with Gasteiger partial charge in [-0.3, -0.25) is 4.90 Å². The Morgan fingerprint density at radius 2 is 1.94 bits per heavy atom. The van der Waals surface area contributed by atoms with Gasteiger partial charge in [-0.25, -0.2) is 0 Å². The Kier molecular flexibility index (Phi) is 6.35. The minimum absolute atomic E-state index is 0.0307. The van der Waals surface area contributed by atoms with Gasteiger partial charge in [-0.1, -0.05) is 31.0 Å². The van der Waals surface area contributed by atoms with E-state index in [0.717, 1.165) is 44.4 Å². The van der Waals surface area contributed by atoms with E-state index < -0.39 is 0 Å². The van der Waals surface area contributed by atoms with Crippen molar-refractivity contribution in [1.29, 1.82) is 0 Å². The number of ether oxygens (including phenoxy) is 1. The van der Waals surface area contributed by atoms with Crippen LogP contribution >= 0.6 is 0 Å². The average molecular weight is 460 g/mol. The molecule has 3 aliphatic rings. The zero-order valence-corrected chi connectivity index (χ0v) is 20.4. The Bertz CT molecular complexity index is 1060. The molecule has 4 nitrogen and oxygen atoms in total. The number of aliphatic hydroxyl groups is 1. The predicted molar refractivity (Wildman–Crippen MR) is 135 cm³/mol. The van der Waals surface area contributed by atoms with Crippen LogP contribution in [-0.2, 0) is 6.42 Å². The summed E-state index contributed by atoms with van der Waals surface area (Å²) < 4.78 is 5.97. The normalized spacial score (nSPS) is 31.9. The van der Waals surface area contributed by atoms with Crippen LogP contribution in [0.2, 0.25) is 0 Å². The quantitative estimate of drug-likeness (QED) is 0.601. The molecule has 2 aromatic rings. The van der Waals surface area contributed by atoms with Crippen molar-refractivity contribution >= 4 is 0 Å². The van der Waals surface area contributed by atoms with Crippen LogP contribution in [0.1, 0.15) is 61.1 Å². The van der Waals surface area contributed by atoms with E-state index in [1.165, 1.54) is 16.7 Å². The molecule has 3 aliphatic carbocycles. The zero-order valence-electron chi connectivity index (χ0n) is 20.4. The lowest BCUT2D eigenvalue weighted by Gasteiger charge is -2.54. The predicted octanol–water partition coefficient (Wildman–Crippen LogP) is 4.95. The molecule has 180 valence electrons. The molecule has 2 N–H and O–H groups in total. The van der Waals surface area contributed by atoms with Gasteiger partial charge in [0, 0.05) is 6.54 Å². The summed E-state index contributed by atoms with van der Waals surface area (Å²) in [6.07, 6.45) is 10.3. The van der Waals surface area contributed by atoms with Gasteiger partial charge in [0.05, 0.1) is 12.6 Å². The van der Waals surface area contributed by atoms with Crippen LogP contribution in [0.4, 0.5) is 0 Å². The van der Waals surface area contributed by atoms with Gasteiger partial charge in [0.1, 0.15) is 18.1 Å². The largest absolute Gasteiger partial charge is 0.508 e. The summed E-state index contributed by atoms with van der Waals surface area (Å²) in [6, 6.07) is 14.6. The third-order valence-corrected chi connectivity index (χ3v) is 9.07. The number of aliphatic hydroxyl groups excluding tert-OH is 1. The number of phenols is 1. The number of hydrogen-bond acceptors (Lipinski definition) is 4. The highest BCUT2D eigenvalue weighted by atomic mass is 16.5. The summed E-state index contributed by atoms with van der Waals surface area (Å²) in [5.41, 5.74) is 3.99. The van der Waals surface area contributed by atoms with E-state index in [9.17, 15) is 10.2 Å². The number of nitrogens with zero attached hydrogens (tertiary/aromatic N) is 1. The number of aryl methyl sites for hydroxylation is 1. The van der Waals surface area contributed by atoms with Gasteiger partial charge in [-0.15, -0.1) is 6.42 Å². The smallest absolute Gasteiger partial charge is 0.119 e. The van der Waals surface area contributed by atoms with Crippen molar-refractivity contribution in [3.63, 3.8) is 0 Å². The van der Waals surface area contributed by atoms with Crippen molar-refractivity contribution in [2.45, 2.75) is 57.0 Å².